The molecule has 1 aliphatic heterocycles. The number of hydrogen-bond donors (Lipinski definition) is 1. The fourth-order valence-corrected chi connectivity index (χ4v) is 3.96. The molecule has 0 aliphatic carbocycles. The van der Waals surface area contributed by atoms with Gasteiger partial charge in [0, 0.05) is 5.75 Å². The number of benzene rings is 1. The molecular weight excluding hydrogens is 232 g/mol. The van der Waals surface area contributed by atoms with Crippen LogP contribution in [0.15, 0.2) is 24.3 Å². The molecule has 1 fully saturated rings. The number of thioether (sulfide) groups is 1. The van der Waals surface area contributed by atoms with E-state index >= 15 is 0 Å². The molecular formula is C14H20O2S. The zero-order valence-corrected chi connectivity index (χ0v) is 11.5. The summed E-state index contributed by atoms with van der Waals surface area (Å²) in [6.45, 7) is 4.29. The molecule has 1 saturated heterocycles. The van der Waals surface area contributed by atoms with E-state index in [1.54, 1.807) is 7.11 Å². The van der Waals surface area contributed by atoms with Crippen LogP contribution in [0, 0.1) is 5.41 Å². The second-order valence-electron chi connectivity index (χ2n) is 5.28. The van der Waals surface area contributed by atoms with Gasteiger partial charge < -0.3 is 9.84 Å². The highest BCUT2D eigenvalue weighted by atomic mass is 32.2. The Bertz CT molecular complexity index is 403. The lowest BCUT2D eigenvalue weighted by molar-refractivity contribution is -0.0579. The minimum absolute atomic E-state index is 0.0926. The van der Waals surface area contributed by atoms with E-state index < -0.39 is 5.60 Å². The molecule has 0 radical (unpaired) electrons. The third-order valence-corrected chi connectivity index (χ3v) is 4.96. The van der Waals surface area contributed by atoms with Crippen molar-refractivity contribution >= 4 is 11.8 Å². The minimum Gasteiger partial charge on any atom is -0.497 e. The molecule has 17 heavy (non-hydrogen) atoms. The van der Waals surface area contributed by atoms with Crippen LogP contribution in [0.3, 0.4) is 0 Å². The largest absolute Gasteiger partial charge is 0.497 e. The Labute approximate surface area is 107 Å². The second kappa shape index (κ2) is 4.54. The number of methoxy groups -OCH3 is 1. The molecule has 0 bridgehead atoms. The van der Waals surface area contributed by atoms with Gasteiger partial charge in [0.1, 0.15) is 11.4 Å². The number of hydrogen-bond acceptors (Lipinski definition) is 3. The summed E-state index contributed by atoms with van der Waals surface area (Å²) in [4.78, 5) is 0. The van der Waals surface area contributed by atoms with Crippen LogP contribution >= 0.6 is 11.8 Å². The Morgan fingerprint density at radius 1 is 1.35 bits per heavy atom. The normalized spacial score (nSPS) is 27.8. The minimum atomic E-state index is -0.759. The predicted molar refractivity (Wildman–Crippen MR) is 72.6 cm³/mol. The summed E-state index contributed by atoms with van der Waals surface area (Å²) in [6.07, 6.45) is 1.03. The average molecular weight is 252 g/mol. The Hall–Kier alpha value is -0.670. The molecule has 1 heterocycles. The lowest BCUT2D eigenvalue weighted by Crippen LogP contribution is -2.47. The summed E-state index contributed by atoms with van der Waals surface area (Å²) in [7, 11) is 1.66. The van der Waals surface area contributed by atoms with Crippen molar-refractivity contribution in [1.82, 2.24) is 0 Å². The topological polar surface area (TPSA) is 29.5 Å². The van der Waals surface area contributed by atoms with E-state index in [-0.39, 0.29) is 5.41 Å². The maximum atomic E-state index is 11.0. The highest BCUT2D eigenvalue weighted by molar-refractivity contribution is 7.99. The Balaban J connectivity index is 2.41. The molecule has 1 N–H and O–H groups in total. The van der Waals surface area contributed by atoms with Gasteiger partial charge in [0.2, 0.25) is 0 Å². The van der Waals surface area contributed by atoms with E-state index in [0.29, 0.717) is 0 Å². The van der Waals surface area contributed by atoms with Crippen LogP contribution in [0.25, 0.3) is 0 Å². The predicted octanol–water partition coefficient (Wildman–Crippen LogP) is 3.05. The van der Waals surface area contributed by atoms with E-state index in [9.17, 15) is 5.11 Å². The first-order valence-electron chi connectivity index (χ1n) is 5.94. The van der Waals surface area contributed by atoms with Crippen LogP contribution in [0.4, 0.5) is 0 Å². The van der Waals surface area contributed by atoms with Crippen LogP contribution in [0.5, 0.6) is 5.75 Å². The van der Waals surface area contributed by atoms with Crippen molar-refractivity contribution in [3.05, 3.63) is 29.8 Å². The molecule has 2 nitrogen and oxygen atoms in total. The van der Waals surface area contributed by atoms with Crippen molar-refractivity contribution in [3.8, 4) is 5.75 Å². The maximum absolute atomic E-state index is 11.0. The van der Waals surface area contributed by atoms with Gasteiger partial charge in [-0.25, -0.2) is 0 Å². The molecule has 0 amide bonds. The molecule has 2 rings (SSSR count). The van der Waals surface area contributed by atoms with Gasteiger partial charge in [-0.1, -0.05) is 26.0 Å². The lowest BCUT2D eigenvalue weighted by Gasteiger charge is -2.46. The van der Waals surface area contributed by atoms with Crippen LogP contribution in [-0.4, -0.2) is 23.7 Å². The van der Waals surface area contributed by atoms with Gasteiger partial charge in [0.05, 0.1) is 7.11 Å². The van der Waals surface area contributed by atoms with Gasteiger partial charge >= 0.3 is 0 Å². The van der Waals surface area contributed by atoms with E-state index in [4.69, 9.17) is 4.74 Å². The highest BCUT2D eigenvalue weighted by Gasteiger charge is 2.46. The molecule has 94 valence electrons. The van der Waals surface area contributed by atoms with Crippen LogP contribution in [0.2, 0.25) is 0 Å². The highest BCUT2D eigenvalue weighted by Crippen LogP contribution is 2.48. The third-order valence-electron chi connectivity index (χ3n) is 3.85. The summed E-state index contributed by atoms with van der Waals surface area (Å²) in [5, 5.41) is 11.0. The number of rotatable bonds is 2. The van der Waals surface area contributed by atoms with Gasteiger partial charge in [-0.2, -0.15) is 11.8 Å². The molecule has 1 unspecified atom stereocenters. The Morgan fingerprint density at radius 2 is 2.12 bits per heavy atom. The van der Waals surface area contributed by atoms with Gasteiger partial charge in [-0.15, -0.1) is 0 Å². The van der Waals surface area contributed by atoms with Gasteiger partial charge in [0.15, 0.2) is 0 Å². The smallest absolute Gasteiger partial charge is 0.119 e. The van der Waals surface area contributed by atoms with Crippen LogP contribution in [0.1, 0.15) is 25.8 Å². The van der Waals surface area contributed by atoms with Crippen molar-refractivity contribution in [2.24, 2.45) is 5.41 Å². The molecule has 3 heteroatoms. The number of ether oxygens (including phenoxy) is 1. The average Bonchev–Trinajstić information content (AvgIpc) is 2.33. The fourth-order valence-electron chi connectivity index (χ4n) is 2.30. The van der Waals surface area contributed by atoms with Crippen molar-refractivity contribution in [2.75, 3.05) is 18.6 Å². The SMILES string of the molecule is COc1cccc(C2(O)CSCCC2(C)C)c1. The van der Waals surface area contributed by atoms with Crippen LogP contribution < -0.4 is 4.74 Å². The first-order chi connectivity index (χ1) is 7.99. The van der Waals surface area contributed by atoms with E-state index in [1.165, 1.54) is 0 Å². The first kappa shape index (κ1) is 12.8. The lowest BCUT2D eigenvalue weighted by atomic mass is 9.70. The van der Waals surface area contributed by atoms with Crippen LogP contribution in [-0.2, 0) is 5.60 Å². The summed E-state index contributed by atoms with van der Waals surface area (Å²) >= 11 is 1.82. The zero-order chi connectivity index (χ0) is 12.5. The second-order valence-corrected chi connectivity index (χ2v) is 6.38. The van der Waals surface area contributed by atoms with Crippen molar-refractivity contribution in [1.29, 1.82) is 0 Å². The molecule has 0 spiro atoms. The molecule has 1 aromatic carbocycles. The van der Waals surface area contributed by atoms with Gasteiger partial charge in [0.25, 0.3) is 0 Å². The zero-order valence-electron chi connectivity index (χ0n) is 10.7. The summed E-state index contributed by atoms with van der Waals surface area (Å²) < 4.78 is 5.24. The van der Waals surface area contributed by atoms with Crippen molar-refractivity contribution < 1.29 is 9.84 Å². The Morgan fingerprint density at radius 3 is 2.76 bits per heavy atom. The third kappa shape index (κ3) is 2.18. The first-order valence-corrected chi connectivity index (χ1v) is 7.10. The maximum Gasteiger partial charge on any atom is 0.119 e. The summed E-state index contributed by atoms with van der Waals surface area (Å²) in [5.74, 6) is 2.69. The molecule has 1 atom stereocenters. The van der Waals surface area contributed by atoms with E-state index in [0.717, 1.165) is 29.2 Å². The van der Waals surface area contributed by atoms with Gasteiger partial charge in [-0.05, 0) is 35.3 Å². The molecule has 1 aromatic rings. The molecule has 0 aromatic heterocycles. The summed E-state index contributed by atoms with van der Waals surface area (Å²) in [6, 6.07) is 7.81. The molecule has 0 saturated carbocycles. The summed E-state index contributed by atoms with van der Waals surface area (Å²) in [5.41, 5.74) is 0.115. The van der Waals surface area contributed by atoms with Gasteiger partial charge in [-0.3, -0.25) is 0 Å². The van der Waals surface area contributed by atoms with E-state index in [2.05, 4.69) is 13.8 Å². The van der Waals surface area contributed by atoms with Crippen molar-refractivity contribution in [3.63, 3.8) is 0 Å². The fraction of sp³-hybridized carbons (Fsp3) is 0.571. The standard InChI is InChI=1S/C14H20O2S/c1-13(2)7-8-17-10-14(13,15)11-5-4-6-12(9-11)16-3/h4-6,9,15H,7-8,10H2,1-3H3. The quantitative estimate of drug-likeness (QED) is 0.877. The van der Waals surface area contributed by atoms with Crippen molar-refractivity contribution in [2.45, 2.75) is 25.9 Å². The van der Waals surface area contributed by atoms with E-state index in [1.807, 2.05) is 36.0 Å². The molecule has 1 aliphatic rings. The number of aliphatic hydroxyl groups is 1. The Kier molecular flexibility index (Phi) is 3.41. The monoisotopic (exact) mass is 252 g/mol.